The molecule has 0 unspecified atom stereocenters. The molecule has 0 bridgehead atoms. The molecule has 2 rings (SSSR count). The number of rotatable bonds is 8. The van der Waals surface area contributed by atoms with Crippen molar-refractivity contribution in [1.82, 2.24) is 9.97 Å². The van der Waals surface area contributed by atoms with Crippen molar-refractivity contribution in [2.45, 2.75) is 0 Å². The van der Waals surface area contributed by atoms with Crippen LogP contribution < -0.4 is 9.80 Å². The van der Waals surface area contributed by atoms with E-state index in [9.17, 15) is 0 Å². The summed E-state index contributed by atoms with van der Waals surface area (Å²) in [6.45, 7) is 2.76. The summed E-state index contributed by atoms with van der Waals surface area (Å²) in [4.78, 5) is 11.9. The van der Waals surface area contributed by atoms with E-state index in [0.29, 0.717) is 26.4 Å². The highest BCUT2D eigenvalue weighted by Crippen LogP contribution is 2.06. The molecule has 0 fully saturated rings. The van der Waals surface area contributed by atoms with Gasteiger partial charge in [-0.05, 0) is 24.3 Å². The van der Waals surface area contributed by atoms with Crippen molar-refractivity contribution < 1.29 is 18.9 Å². The Morgan fingerprint density at radius 2 is 0.767 bits per heavy atom. The Balaban J connectivity index is 0. The predicted octanol–water partition coefficient (Wildman–Crippen LogP) is 2.85. The monoisotopic (exact) mass is 424 g/mol. The molecule has 0 spiro atoms. The first-order valence-corrected chi connectivity index (χ1v) is 9.54. The lowest BCUT2D eigenvalue weighted by molar-refractivity contribution is 0.103. The van der Waals surface area contributed by atoms with E-state index in [0.717, 1.165) is 0 Å². The average molecular weight is 425 g/mol. The van der Waals surface area contributed by atoms with Crippen LogP contribution in [0.15, 0.2) is 49.1 Å². The Hall–Kier alpha value is -2.26. The second-order valence-corrected chi connectivity index (χ2v) is 6.17. The zero-order valence-corrected chi connectivity index (χ0v) is 19.9. The molecule has 0 amide bonds. The van der Waals surface area contributed by atoms with Crippen molar-refractivity contribution in [2.24, 2.45) is 0 Å². The summed E-state index contributed by atoms with van der Waals surface area (Å²) < 4.78 is 18.6. The summed E-state index contributed by atoms with van der Waals surface area (Å²) in [6, 6.07) is 7.89. The molecule has 8 nitrogen and oxygen atoms in total. The molecule has 0 atom stereocenters. The second-order valence-electron chi connectivity index (χ2n) is 6.17. The lowest BCUT2D eigenvalue weighted by atomic mass is 10.4. The van der Waals surface area contributed by atoms with Gasteiger partial charge in [0.1, 0.15) is 0 Å². The normalized spacial score (nSPS) is 9.07. The van der Waals surface area contributed by atoms with E-state index in [1.54, 1.807) is 53.2 Å². The number of hydrogen-bond acceptors (Lipinski definition) is 8. The van der Waals surface area contributed by atoms with Gasteiger partial charge < -0.3 is 28.7 Å². The summed E-state index contributed by atoms with van der Waals surface area (Å²) >= 11 is 0. The summed E-state index contributed by atoms with van der Waals surface area (Å²) in [5.41, 5.74) is 2.37. The van der Waals surface area contributed by atoms with E-state index in [1.165, 1.54) is 11.4 Å². The number of nitrogens with zero attached hydrogens (tertiary/aromatic N) is 4. The number of hydrogen-bond donors (Lipinski definition) is 0. The van der Waals surface area contributed by atoms with Gasteiger partial charge in [-0.3, -0.25) is 9.97 Å². The zero-order valence-electron chi connectivity index (χ0n) is 19.9. The van der Waals surface area contributed by atoms with Gasteiger partial charge in [-0.15, -0.1) is 0 Å². The van der Waals surface area contributed by atoms with Crippen LogP contribution in [0.2, 0.25) is 0 Å². The average Bonchev–Trinajstić information content (AvgIpc) is 2.78. The van der Waals surface area contributed by atoms with Gasteiger partial charge in [0.2, 0.25) is 0 Å². The molecule has 0 aromatic carbocycles. The summed E-state index contributed by atoms with van der Waals surface area (Å²) in [6.07, 6.45) is 7.15. The lowest BCUT2D eigenvalue weighted by Crippen LogP contribution is -2.07. The number of ether oxygens (including phenoxy) is 4. The minimum Gasteiger partial charge on any atom is -0.382 e. The highest BCUT2D eigenvalue weighted by molar-refractivity contribution is 5.42. The quantitative estimate of drug-likeness (QED) is 0.599. The minimum atomic E-state index is 0.691. The molecular weight excluding hydrogens is 384 g/mol. The van der Waals surface area contributed by atoms with Crippen LogP contribution in [-0.2, 0) is 18.9 Å². The SMILES string of the molecule is CN(C)c1ccncc1.CN(C)c1ccncc1.COCCOC.COCCOC. The standard InChI is InChI=1S/2C7H10N2.2C4H10O2/c2*1-9(2)7-3-5-8-6-4-7;2*1-5-3-4-6-2/h2*3-6H,1-2H3;2*3-4H2,1-2H3. The largest absolute Gasteiger partial charge is 0.382 e. The fourth-order valence-corrected chi connectivity index (χ4v) is 1.62. The van der Waals surface area contributed by atoms with Crippen LogP contribution in [-0.4, -0.2) is 93.0 Å². The Labute approximate surface area is 182 Å². The van der Waals surface area contributed by atoms with Crippen molar-refractivity contribution in [3.63, 3.8) is 0 Å². The maximum absolute atomic E-state index is 4.66. The van der Waals surface area contributed by atoms with E-state index < -0.39 is 0 Å². The first-order chi connectivity index (χ1) is 14.4. The topological polar surface area (TPSA) is 69.2 Å². The Kier molecular flexibility index (Phi) is 23.0. The van der Waals surface area contributed by atoms with Crippen LogP contribution in [0.3, 0.4) is 0 Å². The van der Waals surface area contributed by atoms with Gasteiger partial charge in [-0.25, -0.2) is 0 Å². The van der Waals surface area contributed by atoms with E-state index in [4.69, 9.17) is 0 Å². The lowest BCUT2D eigenvalue weighted by Gasteiger charge is -2.10. The number of pyridine rings is 2. The third-order valence-electron chi connectivity index (χ3n) is 3.34. The summed E-state index contributed by atoms with van der Waals surface area (Å²) in [5, 5.41) is 0. The van der Waals surface area contributed by atoms with Gasteiger partial charge in [0.25, 0.3) is 0 Å². The predicted molar refractivity (Wildman–Crippen MR) is 125 cm³/mol. The van der Waals surface area contributed by atoms with Crippen LogP contribution in [0.5, 0.6) is 0 Å². The van der Waals surface area contributed by atoms with Gasteiger partial charge in [-0.1, -0.05) is 0 Å². The molecule has 2 aromatic heterocycles. The maximum atomic E-state index is 4.66. The molecule has 0 radical (unpaired) electrons. The Morgan fingerprint density at radius 3 is 0.900 bits per heavy atom. The van der Waals surface area contributed by atoms with E-state index >= 15 is 0 Å². The molecule has 0 saturated heterocycles. The molecular formula is C22H40N4O4. The third kappa shape index (κ3) is 20.5. The number of anilines is 2. The first kappa shape index (κ1) is 29.9. The van der Waals surface area contributed by atoms with E-state index in [2.05, 4.69) is 28.9 Å². The fraction of sp³-hybridized carbons (Fsp3) is 0.545. The van der Waals surface area contributed by atoms with Crippen molar-refractivity contribution >= 4 is 11.4 Å². The van der Waals surface area contributed by atoms with Gasteiger partial charge in [0.15, 0.2) is 0 Å². The van der Waals surface area contributed by atoms with Crippen molar-refractivity contribution in [1.29, 1.82) is 0 Å². The number of methoxy groups -OCH3 is 4. The molecule has 0 aliphatic heterocycles. The number of aromatic nitrogens is 2. The minimum absolute atomic E-state index is 0.691. The second kappa shape index (κ2) is 23.0. The Morgan fingerprint density at radius 1 is 0.533 bits per heavy atom. The van der Waals surface area contributed by atoms with Gasteiger partial charge >= 0.3 is 0 Å². The maximum Gasteiger partial charge on any atom is 0.0696 e. The first-order valence-electron chi connectivity index (χ1n) is 9.54. The summed E-state index contributed by atoms with van der Waals surface area (Å²) in [7, 11) is 14.6. The van der Waals surface area contributed by atoms with Gasteiger partial charge in [0, 0.05) is 92.8 Å². The third-order valence-corrected chi connectivity index (χ3v) is 3.34. The van der Waals surface area contributed by atoms with Crippen LogP contribution in [0, 0.1) is 0 Å². The van der Waals surface area contributed by atoms with Crippen LogP contribution in [0.25, 0.3) is 0 Å². The summed E-state index contributed by atoms with van der Waals surface area (Å²) in [5.74, 6) is 0. The Bertz CT molecular complexity index is 498. The smallest absolute Gasteiger partial charge is 0.0696 e. The van der Waals surface area contributed by atoms with Crippen molar-refractivity contribution in [3.05, 3.63) is 49.1 Å². The van der Waals surface area contributed by atoms with Crippen LogP contribution in [0.4, 0.5) is 11.4 Å². The molecule has 0 aliphatic rings. The molecule has 8 heteroatoms. The van der Waals surface area contributed by atoms with Crippen LogP contribution >= 0.6 is 0 Å². The van der Waals surface area contributed by atoms with Crippen molar-refractivity contribution in [2.75, 3.05) is 92.9 Å². The molecule has 172 valence electrons. The van der Waals surface area contributed by atoms with E-state index in [1.807, 2.05) is 62.3 Å². The van der Waals surface area contributed by atoms with Gasteiger partial charge in [0.05, 0.1) is 26.4 Å². The van der Waals surface area contributed by atoms with Crippen LogP contribution in [0.1, 0.15) is 0 Å². The fourth-order valence-electron chi connectivity index (χ4n) is 1.62. The van der Waals surface area contributed by atoms with Crippen molar-refractivity contribution in [3.8, 4) is 0 Å². The molecule has 0 N–H and O–H groups in total. The molecule has 2 aromatic rings. The highest BCUT2D eigenvalue weighted by Gasteiger charge is 1.89. The van der Waals surface area contributed by atoms with Gasteiger partial charge in [-0.2, -0.15) is 0 Å². The molecule has 2 heterocycles. The molecule has 0 aliphatic carbocycles. The molecule has 0 saturated carbocycles. The highest BCUT2D eigenvalue weighted by atomic mass is 16.5. The molecule has 30 heavy (non-hydrogen) atoms. The van der Waals surface area contributed by atoms with E-state index in [-0.39, 0.29) is 0 Å². The zero-order chi connectivity index (χ0) is 23.0.